The zero-order chi connectivity index (χ0) is 13.4. The first-order valence-electron chi connectivity index (χ1n) is 6.51. The summed E-state index contributed by atoms with van der Waals surface area (Å²) in [7, 11) is 0. The van der Waals surface area contributed by atoms with Crippen LogP contribution in [0.5, 0.6) is 11.5 Å². The third-order valence-corrected chi connectivity index (χ3v) is 2.86. The van der Waals surface area contributed by atoms with Gasteiger partial charge in [0.15, 0.2) is 11.5 Å². The van der Waals surface area contributed by atoms with Crippen molar-refractivity contribution in [3.63, 3.8) is 0 Å². The van der Waals surface area contributed by atoms with E-state index in [0.29, 0.717) is 5.41 Å². The molecule has 0 saturated heterocycles. The van der Waals surface area contributed by atoms with E-state index < -0.39 is 5.79 Å². The van der Waals surface area contributed by atoms with Crippen LogP contribution in [0.1, 0.15) is 41.0 Å². The lowest BCUT2D eigenvalue weighted by atomic mass is 9.92. The molecule has 1 aliphatic rings. The summed E-state index contributed by atoms with van der Waals surface area (Å²) in [6.45, 7) is 11.5. The normalized spacial score (nSPS) is 16.7. The molecule has 1 N–H and O–H groups in total. The third-order valence-electron chi connectivity index (χ3n) is 2.86. The van der Waals surface area contributed by atoms with Gasteiger partial charge in [-0.05, 0) is 24.0 Å². The van der Waals surface area contributed by atoms with Gasteiger partial charge in [0, 0.05) is 32.1 Å². The van der Waals surface area contributed by atoms with Gasteiger partial charge in [-0.2, -0.15) is 0 Å². The number of benzene rings is 1. The van der Waals surface area contributed by atoms with Gasteiger partial charge in [-0.15, -0.1) is 0 Å². The number of rotatable bonds is 3. The fourth-order valence-electron chi connectivity index (χ4n) is 1.91. The molecule has 0 aliphatic carbocycles. The zero-order valence-electron chi connectivity index (χ0n) is 12.0. The van der Waals surface area contributed by atoms with Crippen LogP contribution in [0.25, 0.3) is 0 Å². The lowest BCUT2D eigenvalue weighted by molar-refractivity contribution is -0.0431. The Morgan fingerprint density at radius 3 is 2.44 bits per heavy atom. The molecule has 1 aromatic carbocycles. The third kappa shape index (κ3) is 3.31. The first kappa shape index (κ1) is 13.1. The summed E-state index contributed by atoms with van der Waals surface area (Å²) in [5, 5.41) is 3.42. The molecule has 1 aliphatic heterocycles. The molecular formula is C15H23NO2. The van der Waals surface area contributed by atoms with Crippen LogP contribution in [-0.4, -0.2) is 12.3 Å². The molecule has 0 unspecified atom stereocenters. The van der Waals surface area contributed by atoms with Crippen LogP contribution in [0.4, 0.5) is 5.69 Å². The molecule has 2 rings (SSSR count). The van der Waals surface area contributed by atoms with Crippen LogP contribution in [-0.2, 0) is 0 Å². The molecule has 0 amide bonds. The summed E-state index contributed by atoms with van der Waals surface area (Å²) < 4.78 is 11.4. The second kappa shape index (κ2) is 4.38. The van der Waals surface area contributed by atoms with Crippen molar-refractivity contribution in [2.24, 2.45) is 5.41 Å². The summed E-state index contributed by atoms with van der Waals surface area (Å²) in [4.78, 5) is 0. The summed E-state index contributed by atoms with van der Waals surface area (Å²) in [5.74, 6) is 1.09. The van der Waals surface area contributed by atoms with Crippen molar-refractivity contribution in [3.8, 4) is 11.5 Å². The maximum Gasteiger partial charge on any atom is 0.246 e. The van der Waals surface area contributed by atoms with Crippen LogP contribution in [0.3, 0.4) is 0 Å². The topological polar surface area (TPSA) is 30.5 Å². The quantitative estimate of drug-likeness (QED) is 0.877. The van der Waals surface area contributed by atoms with Crippen molar-refractivity contribution < 1.29 is 9.47 Å². The van der Waals surface area contributed by atoms with Gasteiger partial charge >= 0.3 is 0 Å². The SMILES string of the molecule is CC(C)(C)CCNc1ccc2c(c1)OC(C)(C)O2. The molecule has 0 fully saturated rings. The number of anilines is 1. The largest absolute Gasteiger partial charge is 0.449 e. The van der Waals surface area contributed by atoms with Gasteiger partial charge in [0.1, 0.15) is 0 Å². The highest BCUT2D eigenvalue weighted by atomic mass is 16.7. The Balaban J connectivity index is 1.97. The average molecular weight is 249 g/mol. The Hall–Kier alpha value is -1.38. The second-order valence-electron chi connectivity index (χ2n) is 6.50. The van der Waals surface area contributed by atoms with Crippen molar-refractivity contribution in [1.82, 2.24) is 0 Å². The highest BCUT2D eigenvalue weighted by molar-refractivity contribution is 5.56. The predicted octanol–water partition coefficient (Wildman–Crippen LogP) is 4.04. The van der Waals surface area contributed by atoms with Crippen LogP contribution in [0.2, 0.25) is 0 Å². The van der Waals surface area contributed by atoms with E-state index in [4.69, 9.17) is 9.47 Å². The molecule has 3 heteroatoms. The number of ether oxygens (including phenoxy) is 2. The number of nitrogens with one attached hydrogen (secondary N) is 1. The van der Waals surface area contributed by atoms with E-state index in [2.05, 4.69) is 26.1 Å². The monoisotopic (exact) mass is 249 g/mol. The zero-order valence-corrected chi connectivity index (χ0v) is 12.0. The van der Waals surface area contributed by atoms with Crippen molar-refractivity contribution in [2.75, 3.05) is 11.9 Å². The van der Waals surface area contributed by atoms with E-state index in [1.807, 2.05) is 32.0 Å². The standard InChI is InChI=1S/C15H23NO2/c1-14(2,3)8-9-16-11-6-7-12-13(10-11)18-15(4,5)17-12/h6-7,10,16H,8-9H2,1-5H3. The molecule has 100 valence electrons. The smallest absolute Gasteiger partial charge is 0.246 e. The highest BCUT2D eigenvalue weighted by Gasteiger charge is 2.31. The van der Waals surface area contributed by atoms with Gasteiger partial charge < -0.3 is 14.8 Å². The molecular weight excluding hydrogens is 226 g/mol. The molecule has 0 radical (unpaired) electrons. The number of fused-ring (bicyclic) bond motifs is 1. The van der Waals surface area contributed by atoms with Crippen molar-refractivity contribution >= 4 is 5.69 Å². The van der Waals surface area contributed by atoms with E-state index in [-0.39, 0.29) is 0 Å². The summed E-state index contributed by atoms with van der Waals surface area (Å²) in [5.41, 5.74) is 1.44. The van der Waals surface area contributed by atoms with Gasteiger partial charge in [0.05, 0.1) is 0 Å². The maximum atomic E-state index is 5.72. The average Bonchev–Trinajstić information content (AvgIpc) is 2.49. The van der Waals surface area contributed by atoms with Crippen LogP contribution in [0, 0.1) is 5.41 Å². The first-order valence-corrected chi connectivity index (χ1v) is 6.51. The van der Waals surface area contributed by atoms with Gasteiger partial charge in [0.25, 0.3) is 0 Å². The van der Waals surface area contributed by atoms with Crippen LogP contribution < -0.4 is 14.8 Å². The fraction of sp³-hybridized carbons (Fsp3) is 0.600. The lowest BCUT2D eigenvalue weighted by Crippen LogP contribution is -2.29. The molecule has 18 heavy (non-hydrogen) atoms. The number of hydrogen-bond donors (Lipinski definition) is 1. The van der Waals surface area contributed by atoms with Crippen molar-refractivity contribution in [2.45, 2.75) is 46.8 Å². The maximum absolute atomic E-state index is 5.72. The number of hydrogen-bond acceptors (Lipinski definition) is 3. The minimum Gasteiger partial charge on any atom is -0.449 e. The lowest BCUT2D eigenvalue weighted by Gasteiger charge is -2.18. The first-order chi connectivity index (χ1) is 8.25. The highest BCUT2D eigenvalue weighted by Crippen LogP contribution is 2.40. The Morgan fingerprint density at radius 2 is 1.78 bits per heavy atom. The van der Waals surface area contributed by atoms with Crippen LogP contribution >= 0.6 is 0 Å². The molecule has 0 bridgehead atoms. The van der Waals surface area contributed by atoms with E-state index >= 15 is 0 Å². The fourth-order valence-corrected chi connectivity index (χ4v) is 1.91. The van der Waals surface area contributed by atoms with Gasteiger partial charge in [0.2, 0.25) is 5.79 Å². The second-order valence-corrected chi connectivity index (χ2v) is 6.50. The molecule has 1 heterocycles. The molecule has 1 aromatic rings. The van der Waals surface area contributed by atoms with Gasteiger partial charge in [-0.25, -0.2) is 0 Å². The molecule has 0 atom stereocenters. The van der Waals surface area contributed by atoms with Gasteiger partial charge in [-0.3, -0.25) is 0 Å². The van der Waals surface area contributed by atoms with E-state index in [9.17, 15) is 0 Å². The minimum atomic E-state index is -0.549. The van der Waals surface area contributed by atoms with E-state index in [1.165, 1.54) is 0 Å². The molecule has 0 spiro atoms. The van der Waals surface area contributed by atoms with E-state index in [1.54, 1.807) is 0 Å². The van der Waals surface area contributed by atoms with Crippen molar-refractivity contribution in [3.05, 3.63) is 18.2 Å². The van der Waals surface area contributed by atoms with Crippen molar-refractivity contribution in [1.29, 1.82) is 0 Å². The summed E-state index contributed by atoms with van der Waals surface area (Å²) >= 11 is 0. The van der Waals surface area contributed by atoms with Gasteiger partial charge in [-0.1, -0.05) is 20.8 Å². The summed E-state index contributed by atoms with van der Waals surface area (Å²) in [6, 6.07) is 6.00. The Kier molecular flexibility index (Phi) is 3.18. The molecule has 0 aromatic heterocycles. The molecule has 0 saturated carbocycles. The summed E-state index contributed by atoms with van der Waals surface area (Å²) in [6.07, 6.45) is 1.13. The Bertz CT molecular complexity index is 433. The van der Waals surface area contributed by atoms with E-state index in [0.717, 1.165) is 30.2 Å². The predicted molar refractivity (Wildman–Crippen MR) is 74.3 cm³/mol. The van der Waals surface area contributed by atoms with Crippen LogP contribution in [0.15, 0.2) is 18.2 Å². The minimum absolute atomic E-state index is 0.353. The molecule has 3 nitrogen and oxygen atoms in total. The Labute approximate surface area is 109 Å². The Morgan fingerprint density at radius 1 is 1.11 bits per heavy atom.